The van der Waals surface area contributed by atoms with Gasteiger partial charge in [-0.05, 0) is 18.1 Å². The van der Waals surface area contributed by atoms with Crippen molar-refractivity contribution in [2.24, 2.45) is 5.92 Å². The molecule has 1 aromatic heterocycles. The van der Waals surface area contributed by atoms with Gasteiger partial charge in [-0.25, -0.2) is 4.98 Å². The van der Waals surface area contributed by atoms with E-state index in [0.29, 0.717) is 17.3 Å². The van der Waals surface area contributed by atoms with E-state index in [4.69, 9.17) is 10.4 Å². The van der Waals surface area contributed by atoms with Crippen LogP contribution in [0.2, 0.25) is 0 Å². The van der Waals surface area contributed by atoms with Crippen LogP contribution in [-0.2, 0) is 0 Å². The maximum atomic E-state index is 9.12. The van der Waals surface area contributed by atoms with E-state index in [1.807, 2.05) is 19.9 Å². The molecule has 0 spiro atoms. The summed E-state index contributed by atoms with van der Waals surface area (Å²) in [6.45, 7) is 4.12. The minimum absolute atomic E-state index is 0.00886. The van der Waals surface area contributed by atoms with E-state index in [1.54, 1.807) is 12.1 Å². The Bertz CT molecular complexity index is 340. The molecule has 1 atom stereocenters. The zero-order valence-corrected chi connectivity index (χ0v) is 8.94. The molecule has 1 aromatic rings. The number of pyridine rings is 1. The highest BCUT2D eigenvalue weighted by atomic mass is 16.3. The fourth-order valence-corrected chi connectivity index (χ4v) is 1.16. The smallest absolute Gasteiger partial charge is 0.126 e. The predicted octanol–water partition coefficient (Wildman–Crippen LogP) is 1.38. The van der Waals surface area contributed by atoms with Gasteiger partial charge in [0.2, 0.25) is 0 Å². The fraction of sp³-hybridized carbons (Fsp3) is 0.455. The van der Waals surface area contributed by atoms with E-state index in [9.17, 15) is 0 Å². The second-order valence-electron chi connectivity index (χ2n) is 3.72. The summed E-state index contributed by atoms with van der Waals surface area (Å²) < 4.78 is 0. The highest BCUT2D eigenvalue weighted by Gasteiger charge is 2.11. The predicted molar refractivity (Wildman–Crippen MR) is 58.3 cm³/mol. The lowest BCUT2D eigenvalue weighted by Crippen LogP contribution is -2.29. The average molecular weight is 205 g/mol. The second kappa shape index (κ2) is 5.32. The van der Waals surface area contributed by atoms with Crippen LogP contribution in [0.5, 0.6) is 0 Å². The van der Waals surface area contributed by atoms with Gasteiger partial charge in [-0.15, -0.1) is 0 Å². The maximum Gasteiger partial charge on any atom is 0.126 e. The number of nitriles is 1. The first kappa shape index (κ1) is 11.5. The number of aromatic nitrogens is 1. The number of anilines is 1. The Labute approximate surface area is 89.6 Å². The average Bonchev–Trinajstić information content (AvgIpc) is 2.26. The first-order valence-corrected chi connectivity index (χ1v) is 4.91. The molecule has 4 heteroatoms. The molecule has 0 fully saturated rings. The second-order valence-corrected chi connectivity index (χ2v) is 3.72. The molecule has 1 rings (SSSR count). The Hall–Kier alpha value is -1.60. The van der Waals surface area contributed by atoms with E-state index in [-0.39, 0.29) is 12.6 Å². The minimum atomic E-state index is -0.00886. The van der Waals surface area contributed by atoms with Gasteiger partial charge in [-0.3, -0.25) is 0 Å². The van der Waals surface area contributed by atoms with Crippen LogP contribution in [0.3, 0.4) is 0 Å². The summed E-state index contributed by atoms with van der Waals surface area (Å²) in [7, 11) is 0. The van der Waals surface area contributed by atoms with Gasteiger partial charge >= 0.3 is 0 Å². The minimum Gasteiger partial charge on any atom is -0.394 e. The molecule has 0 unspecified atom stereocenters. The van der Waals surface area contributed by atoms with Crippen molar-refractivity contribution in [3.63, 3.8) is 0 Å². The lowest BCUT2D eigenvalue weighted by atomic mass is 10.1. The number of aliphatic hydroxyl groups is 1. The van der Waals surface area contributed by atoms with E-state index >= 15 is 0 Å². The summed E-state index contributed by atoms with van der Waals surface area (Å²) in [4.78, 5) is 4.07. The molecule has 0 saturated heterocycles. The highest BCUT2D eigenvalue weighted by molar-refractivity contribution is 5.39. The summed E-state index contributed by atoms with van der Waals surface area (Å²) in [6, 6.07) is 5.43. The first-order chi connectivity index (χ1) is 7.17. The molecule has 2 N–H and O–H groups in total. The zero-order chi connectivity index (χ0) is 11.3. The summed E-state index contributed by atoms with van der Waals surface area (Å²) >= 11 is 0. The number of nitrogens with one attached hydrogen (secondary N) is 1. The maximum absolute atomic E-state index is 9.12. The highest BCUT2D eigenvalue weighted by Crippen LogP contribution is 2.10. The largest absolute Gasteiger partial charge is 0.394 e. The lowest BCUT2D eigenvalue weighted by Gasteiger charge is -2.20. The summed E-state index contributed by atoms with van der Waals surface area (Å²) in [5.74, 6) is 1.01. The van der Waals surface area contributed by atoms with E-state index in [1.165, 1.54) is 6.20 Å². The van der Waals surface area contributed by atoms with Crippen molar-refractivity contribution in [2.45, 2.75) is 19.9 Å². The van der Waals surface area contributed by atoms with Gasteiger partial charge in [-0.2, -0.15) is 5.26 Å². The standard InChI is InChI=1S/C11H15N3O/c1-8(2)10(7-15)14-11-4-3-9(5-12)6-13-11/h3-4,6,8,10,15H,7H2,1-2H3,(H,13,14)/t10-/m1/s1. The van der Waals surface area contributed by atoms with Crippen molar-refractivity contribution in [3.8, 4) is 6.07 Å². The molecule has 0 saturated carbocycles. The third kappa shape index (κ3) is 3.22. The van der Waals surface area contributed by atoms with Crippen LogP contribution < -0.4 is 5.32 Å². The van der Waals surface area contributed by atoms with Crippen LogP contribution in [-0.4, -0.2) is 22.7 Å². The lowest BCUT2D eigenvalue weighted by molar-refractivity contribution is 0.249. The van der Waals surface area contributed by atoms with Crippen LogP contribution in [0, 0.1) is 17.2 Å². The molecule has 80 valence electrons. The normalized spacial score (nSPS) is 12.2. The van der Waals surface area contributed by atoms with Gasteiger partial charge in [0.25, 0.3) is 0 Å². The van der Waals surface area contributed by atoms with Crippen LogP contribution in [0.1, 0.15) is 19.4 Å². The van der Waals surface area contributed by atoms with Crippen molar-refractivity contribution in [1.29, 1.82) is 5.26 Å². The van der Waals surface area contributed by atoms with Crippen molar-refractivity contribution in [3.05, 3.63) is 23.9 Å². The molecule has 1 heterocycles. The van der Waals surface area contributed by atoms with Gasteiger partial charge in [0, 0.05) is 6.20 Å². The molecule has 0 amide bonds. The summed E-state index contributed by atoms with van der Waals surface area (Å²) in [5.41, 5.74) is 0.533. The molecule has 0 aromatic carbocycles. The van der Waals surface area contributed by atoms with Gasteiger partial charge in [-0.1, -0.05) is 13.8 Å². The third-order valence-electron chi connectivity index (χ3n) is 2.23. The number of rotatable bonds is 4. The Kier molecular flexibility index (Phi) is 4.07. The van der Waals surface area contributed by atoms with E-state index in [0.717, 1.165) is 0 Å². The summed E-state index contributed by atoms with van der Waals surface area (Å²) in [6.07, 6.45) is 1.51. The van der Waals surface area contributed by atoms with Crippen molar-refractivity contribution in [2.75, 3.05) is 11.9 Å². The number of aliphatic hydroxyl groups excluding tert-OH is 1. The molecule has 0 aliphatic rings. The number of nitrogens with zero attached hydrogens (tertiary/aromatic N) is 2. The first-order valence-electron chi connectivity index (χ1n) is 4.91. The van der Waals surface area contributed by atoms with Gasteiger partial charge in [0.05, 0.1) is 18.2 Å². The zero-order valence-electron chi connectivity index (χ0n) is 8.94. The van der Waals surface area contributed by atoms with Crippen molar-refractivity contribution >= 4 is 5.82 Å². The number of hydrogen-bond acceptors (Lipinski definition) is 4. The fourth-order valence-electron chi connectivity index (χ4n) is 1.16. The molecule has 0 bridgehead atoms. The monoisotopic (exact) mass is 205 g/mol. The quantitative estimate of drug-likeness (QED) is 0.779. The van der Waals surface area contributed by atoms with Crippen molar-refractivity contribution < 1.29 is 5.11 Å². The van der Waals surface area contributed by atoms with Crippen LogP contribution in [0.15, 0.2) is 18.3 Å². The third-order valence-corrected chi connectivity index (χ3v) is 2.23. The van der Waals surface area contributed by atoms with Crippen LogP contribution in [0.4, 0.5) is 5.82 Å². The molecule has 0 radical (unpaired) electrons. The molecular formula is C11H15N3O. The Balaban J connectivity index is 2.68. The van der Waals surface area contributed by atoms with Crippen molar-refractivity contribution in [1.82, 2.24) is 4.98 Å². The van der Waals surface area contributed by atoms with Crippen LogP contribution >= 0.6 is 0 Å². The molecule has 0 aliphatic carbocycles. The Morgan fingerprint density at radius 2 is 2.27 bits per heavy atom. The molecular weight excluding hydrogens is 190 g/mol. The molecule has 0 aliphatic heterocycles. The van der Waals surface area contributed by atoms with Gasteiger partial charge in [0.1, 0.15) is 11.9 Å². The van der Waals surface area contributed by atoms with Gasteiger partial charge in [0.15, 0.2) is 0 Å². The molecule has 15 heavy (non-hydrogen) atoms. The molecule has 4 nitrogen and oxygen atoms in total. The van der Waals surface area contributed by atoms with E-state index in [2.05, 4.69) is 10.3 Å². The number of hydrogen-bond donors (Lipinski definition) is 2. The van der Waals surface area contributed by atoms with Gasteiger partial charge < -0.3 is 10.4 Å². The SMILES string of the molecule is CC(C)[C@@H](CO)Nc1ccc(C#N)cn1. The van der Waals surface area contributed by atoms with Crippen LogP contribution in [0.25, 0.3) is 0 Å². The topological polar surface area (TPSA) is 68.9 Å². The van der Waals surface area contributed by atoms with E-state index < -0.39 is 0 Å². The Morgan fingerprint density at radius 1 is 1.53 bits per heavy atom. The summed E-state index contributed by atoms with van der Waals surface area (Å²) in [5, 5.41) is 20.8. The Morgan fingerprint density at radius 3 is 2.67 bits per heavy atom.